The number of amides is 1. The number of sulfonamides is 1. The molecule has 1 amide bonds. The zero-order valence-corrected chi connectivity index (χ0v) is 16.1. The van der Waals surface area contributed by atoms with E-state index in [9.17, 15) is 17.6 Å². The fourth-order valence-electron chi connectivity index (χ4n) is 2.98. The molecule has 2 heterocycles. The molecule has 2 aromatic rings. The van der Waals surface area contributed by atoms with Gasteiger partial charge in [0, 0.05) is 23.5 Å². The van der Waals surface area contributed by atoms with Crippen molar-refractivity contribution in [1.82, 2.24) is 9.62 Å². The summed E-state index contributed by atoms with van der Waals surface area (Å²) in [5, 5.41) is 4.73. The van der Waals surface area contributed by atoms with Crippen LogP contribution in [0.15, 0.2) is 40.6 Å². The first-order valence-electron chi connectivity index (χ1n) is 8.53. The van der Waals surface area contributed by atoms with Crippen molar-refractivity contribution >= 4 is 27.3 Å². The number of hydrogen-bond acceptors (Lipinski definition) is 4. The molecule has 1 aromatic heterocycles. The van der Waals surface area contributed by atoms with E-state index in [1.54, 1.807) is 0 Å². The summed E-state index contributed by atoms with van der Waals surface area (Å²) in [5.74, 6) is -1.26. The molecular weight excluding hydrogens is 375 g/mol. The maximum atomic E-state index is 14.2. The van der Waals surface area contributed by atoms with E-state index in [0.717, 1.165) is 36.3 Å². The van der Waals surface area contributed by atoms with Crippen LogP contribution in [0.3, 0.4) is 0 Å². The van der Waals surface area contributed by atoms with E-state index in [2.05, 4.69) is 5.32 Å². The molecule has 140 valence electrons. The monoisotopic (exact) mass is 396 g/mol. The van der Waals surface area contributed by atoms with Crippen LogP contribution in [-0.4, -0.2) is 31.7 Å². The lowest BCUT2D eigenvalue weighted by molar-refractivity contribution is 0.0940. The molecule has 0 spiro atoms. The lowest BCUT2D eigenvalue weighted by atomic mass is 10.2. The number of halogens is 1. The minimum Gasteiger partial charge on any atom is -0.345 e. The van der Waals surface area contributed by atoms with E-state index in [1.807, 2.05) is 24.4 Å². The van der Waals surface area contributed by atoms with Crippen molar-refractivity contribution in [2.45, 2.75) is 37.1 Å². The number of nitrogens with zero attached hydrogens (tertiary/aromatic N) is 1. The lowest BCUT2D eigenvalue weighted by Crippen LogP contribution is -2.36. The fraction of sp³-hybridized carbons (Fsp3) is 0.389. The first kappa shape index (κ1) is 19.0. The summed E-state index contributed by atoms with van der Waals surface area (Å²) < 4.78 is 41.0. The fourth-order valence-corrected chi connectivity index (χ4v) is 5.32. The van der Waals surface area contributed by atoms with Crippen LogP contribution in [0, 0.1) is 5.82 Å². The van der Waals surface area contributed by atoms with E-state index >= 15 is 0 Å². The zero-order chi connectivity index (χ0) is 18.7. The summed E-state index contributed by atoms with van der Waals surface area (Å²) in [7, 11) is -3.94. The summed E-state index contributed by atoms with van der Waals surface area (Å²) in [4.78, 5) is 13.0. The van der Waals surface area contributed by atoms with Crippen LogP contribution in [0.5, 0.6) is 0 Å². The number of thiophene rings is 1. The second kappa shape index (κ2) is 7.85. The number of carbonyl (C=O) groups is 1. The zero-order valence-electron chi connectivity index (χ0n) is 14.4. The third-order valence-corrected chi connectivity index (χ3v) is 7.41. The predicted octanol–water partition coefficient (Wildman–Crippen LogP) is 3.55. The Morgan fingerprint density at radius 2 is 1.96 bits per heavy atom. The van der Waals surface area contributed by atoms with E-state index < -0.39 is 26.6 Å². The van der Waals surface area contributed by atoms with Gasteiger partial charge in [0.05, 0.1) is 6.04 Å². The molecule has 5 nitrogen and oxygen atoms in total. The predicted molar refractivity (Wildman–Crippen MR) is 99.2 cm³/mol. The molecule has 0 aliphatic carbocycles. The van der Waals surface area contributed by atoms with Crippen LogP contribution in [0.4, 0.5) is 4.39 Å². The quantitative estimate of drug-likeness (QED) is 0.840. The van der Waals surface area contributed by atoms with Gasteiger partial charge in [0.25, 0.3) is 5.91 Å². The van der Waals surface area contributed by atoms with Crippen molar-refractivity contribution in [2.24, 2.45) is 0 Å². The molecule has 0 bridgehead atoms. The number of carbonyl (C=O) groups excluding carboxylic acids is 1. The standard InChI is InChI=1S/C18H21FN2O3S2/c1-13(16-6-5-11-25-16)20-18(22)14-7-8-15(19)17(12-14)26(23,24)21-9-3-2-4-10-21/h5-8,11-13H,2-4,9-10H2,1H3,(H,20,22). The van der Waals surface area contributed by atoms with Gasteiger partial charge in [0.1, 0.15) is 10.7 Å². The molecule has 1 aliphatic rings. The van der Waals surface area contributed by atoms with Gasteiger partial charge in [0.15, 0.2) is 0 Å². The largest absolute Gasteiger partial charge is 0.345 e. The van der Waals surface area contributed by atoms with Gasteiger partial charge >= 0.3 is 0 Å². The maximum absolute atomic E-state index is 14.2. The Hall–Kier alpha value is -1.77. The summed E-state index contributed by atoms with van der Waals surface area (Å²) in [5.41, 5.74) is 0.130. The van der Waals surface area contributed by atoms with Crippen molar-refractivity contribution < 1.29 is 17.6 Å². The van der Waals surface area contributed by atoms with Crippen LogP contribution >= 0.6 is 11.3 Å². The molecule has 1 N–H and O–H groups in total. The molecule has 0 radical (unpaired) electrons. The Labute approximate surface area is 156 Å². The van der Waals surface area contributed by atoms with Gasteiger partial charge in [-0.25, -0.2) is 12.8 Å². The van der Waals surface area contributed by atoms with Gasteiger partial charge in [-0.3, -0.25) is 4.79 Å². The summed E-state index contributed by atoms with van der Waals surface area (Å²) >= 11 is 1.52. The van der Waals surface area contributed by atoms with Crippen LogP contribution in [0.2, 0.25) is 0 Å². The first-order chi connectivity index (χ1) is 12.4. The molecule has 1 aromatic carbocycles. The molecular formula is C18H21FN2O3S2. The van der Waals surface area contributed by atoms with Gasteiger partial charge in [-0.15, -0.1) is 11.3 Å². The Kier molecular flexibility index (Phi) is 5.74. The van der Waals surface area contributed by atoms with Gasteiger partial charge in [0.2, 0.25) is 10.0 Å². The van der Waals surface area contributed by atoms with Crippen LogP contribution < -0.4 is 5.32 Å². The third-order valence-electron chi connectivity index (χ3n) is 4.44. The Morgan fingerprint density at radius 1 is 1.23 bits per heavy atom. The maximum Gasteiger partial charge on any atom is 0.251 e. The topological polar surface area (TPSA) is 66.5 Å². The van der Waals surface area contributed by atoms with E-state index in [-0.39, 0.29) is 11.6 Å². The molecule has 3 rings (SSSR count). The Morgan fingerprint density at radius 3 is 2.62 bits per heavy atom. The molecule has 26 heavy (non-hydrogen) atoms. The minimum atomic E-state index is -3.94. The van der Waals surface area contributed by atoms with E-state index in [0.29, 0.717) is 13.1 Å². The second-order valence-corrected chi connectivity index (χ2v) is 9.21. The van der Waals surface area contributed by atoms with Crippen molar-refractivity contribution in [1.29, 1.82) is 0 Å². The lowest BCUT2D eigenvalue weighted by Gasteiger charge is -2.26. The highest BCUT2D eigenvalue weighted by molar-refractivity contribution is 7.89. The molecule has 1 unspecified atom stereocenters. The number of rotatable bonds is 5. The minimum absolute atomic E-state index is 0.130. The molecule has 1 saturated heterocycles. The van der Waals surface area contributed by atoms with Gasteiger partial charge in [-0.2, -0.15) is 4.31 Å². The first-order valence-corrected chi connectivity index (χ1v) is 10.9. The number of piperidine rings is 1. The summed E-state index contributed by atoms with van der Waals surface area (Å²) in [6, 6.07) is 7.07. The second-order valence-electron chi connectivity index (χ2n) is 6.32. The summed E-state index contributed by atoms with van der Waals surface area (Å²) in [6.07, 6.45) is 2.50. The van der Waals surface area contributed by atoms with Gasteiger partial charge in [-0.1, -0.05) is 12.5 Å². The average molecular weight is 397 g/mol. The molecule has 1 fully saturated rings. The Balaban J connectivity index is 1.84. The van der Waals surface area contributed by atoms with Crippen molar-refractivity contribution in [3.8, 4) is 0 Å². The van der Waals surface area contributed by atoms with Crippen molar-refractivity contribution in [3.63, 3.8) is 0 Å². The van der Waals surface area contributed by atoms with Gasteiger partial charge < -0.3 is 5.32 Å². The van der Waals surface area contributed by atoms with Crippen LogP contribution in [0.25, 0.3) is 0 Å². The van der Waals surface area contributed by atoms with Crippen LogP contribution in [0.1, 0.15) is 47.5 Å². The number of nitrogens with one attached hydrogen (secondary N) is 1. The normalized spacial score (nSPS) is 17.0. The SMILES string of the molecule is CC(NC(=O)c1ccc(F)c(S(=O)(=O)N2CCCCC2)c1)c1cccs1. The smallest absolute Gasteiger partial charge is 0.251 e. The average Bonchev–Trinajstić information content (AvgIpc) is 3.17. The number of benzene rings is 1. The molecule has 8 heteroatoms. The molecule has 1 atom stereocenters. The highest BCUT2D eigenvalue weighted by atomic mass is 32.2. The highest BCUT2D eigenvalue weighted by Crippen LogP contribution is 2.24. The van der Waals surface area contributed by atoms with E-state index in [1.165, 1.54) is 21.7 Å². The number of hydrogen-bond donors (Lipinski definition) is 1. The third kappa shape index (κ3) is 3.97. The van der Waals surface area contributed by atoms with Crippen LogP contribution in [-0.2, 0) is 10.0 Å². The molecule has 0 saturated carbocycles. The molecule has 1 aliphatic heterocycles. The van der Waals surface area contributed by atoms with Crippen molar-refractivity contribution in [2.75, 3.05) is 13.1 Å². The summed E-state index contributed by atoms with van der Waals surface area (Å²) in [6.45, 7) is 2.61. The van der Waals surface area contributed by atoms with Gasteiger partial charge in [-0.05, 0) is 49.4 Å². The highest BCUT2D eigenvalue weighted by Gasteiger charge is 2.29. The Bertz CT molecular complexity index is 876. The van der Waals surface area contributed by atoms with Crippen molar-refractivity contribution in [3.05, 3.63) is 52.0 Å². The van der Waals surface area contributed by atoms with E-state index in [4.69, 9.17) is 0 Å².